The highest BCUT2D eigenvalue weighted by Crippen LogP contribution is 2.18. The minimum Gasteiger partial charge on any atom is -0.310 e. The Morgan fingerprint density at radius 3 is 2.57 bits per heavy atom. The van der Waals surface area contributed by atoms with Gasteiger partial charge in [0.25, 0.3) is 5.56 Å². The molecule has 1 unspecified atom stereocenters. The predicted octanol–water partition coefficient (Wildman–Crippen LogP) is 3.08. The second kappa shape index (κ2) is 9.81. The van der Waals surface area contributed by atoms with E-state index in [0.29, 0.717) is 36.4 Å². The van der Waals surface area contributed by atoms with Gasteiger partial charge in [0.05, 0.1) is 36.0 Å². The van der Waals surface area contributed by atoms with Crippen molar-refractivity contribution in [2.45, 2.75) is 32.9 Å². The standard InChI is InChI=1S/C23H25N5O2/c1-3-27(16-21-25-20-13-8-7-12-19(20)22(29)26-21)17(2)23(30)28(15-9-14-24)18-10-5-4-6-11-18/h4-8,10-13,17H,3,9,15-16H2,1-2H3,(H,25,26,29). The van der Waals surface area contributed by atoms with Crippen LogP contribution in [0.3, 0.4) is 0 Å². The zero-order valence-corrected chi connectivity index (χ0v) is 17.2. The molecule has 0 saturated carbocycles. The summed E-state index contributed by atoms with van der Waals surface area (Å²) < 4.78 is 0. The van der Waals surface area contributed by atoms with Crippen LogP contribution in [0.2, 0.25) is 0 Å². The van der Waals surface area contributed by atoms with Gasteiger partial charge in [0.15, 0.2) is 0 Å². The summed E-state index contributed by atoms with van der Waals surface area (Å²) in [5.74, 6) is 0.421. The number of benzene rings is 2. The van der Waals surface area contributed by atoms with Crippen LogP contribution in [0.5, 0.6) is 0 Å². The van der Waals surface area contributed by atoms with E-state index in [1.807, 2.05) is 55.1 Å². The van der Waals surface area contributed by atoms with Gasteiger partial charge in [0, 0.05) is 12.2 Å². The molecular weight excluding hydrogens is 378 g/mol. The van der Waals surface area contributed by atoms with E-state index in [-0.39, 0.29) is 17.9 Å². The van der Waals surface area contributed by atoms with Crippen molar-refractivity contribution in [1.29, 1.82) is 5.26 Å². The van der Waals surface area contributed by atoms with Gasteiger partial charge in [-0.2, -0.15) is 5.26 Å². The van der Waals surface area contributed by atoms with Crippen LogP contribution in [-0.2, 0) is 11.3 Å². The SMILES string of the molecule is CCN(Cc1nc2ccccc2c(=O)[nH]1)C(C)C(=O)N(CCC#N)c1ccccc1. The third kappa shape index (κ3) is 4.73. The van der Waals surface area contributed by atoms with E-state index in [9.17, 15) is 9.59 Å². The summed E-state index contributed by atoms with van der Waals surface area (Å²) in [4.78, 5) is 36.6. The molecule has 1 amide bonds. The summed E-state index contributed by atoms with van der Waals surface area (Å²) in [5, 5.41) is 9.55. The molecule has 3 aromatic rings. The number of anilines is 1. The van der Waals surface area contributed by atoms with E-state index in [2.05, 4.69) is 16.0 Å². The van der Waals surface area contributed by atoms with Gasteiger partial charge in [-0.1, -0.05) is 37.3 Å². The Kier molecular flexibility index (Phi) is 6.94. The Hall–Kier alpha value is -3.50. The average molecular weight is 403 g/mol. The van der Waals surface area contributed by atoms with Crippen molar-refractivity contribution in [2.24, 2.45) is 0 Å². The van der Waals surface area contributed by atoms with Crippen molar-refractivity contribution in [3.63, 3.8) is 0 Å². The first-order valence-electron chi connectivity index (χ1n) is 10.0. The number of nitriles is 1. The van der Waals surface area contributed by atoms with Gasteiger partial charge in [-0.15, -0.1) is 0 Å². The Bertz CT molecular complexity index is 1100. The highest BCUT2D eigenvalue weighted by molar-refractivity contribution is 5.97. The number of para-hydroxylation sites is 2. The molecule has 7 nitrogen and oxygen atoms in total. The van der Waals surface area contributed by atoms with Crippen LogP contribution >= 0.6 is 0 Å². The first-order valence-corrected chi connectivity index (χ1v) is 10.0. The van der Waals surface area contributed by atoms with Crippen LogP contribution in [0, 0.1) is 11.3 Å². The number of H-pyrrole nitrogens is 1. The number of fused-ring (bicyclic) bond motifs is 1. The van der Waals surface area contributed by atoms with Gasteiger partial charge in [0.2, 0.25) is 5.91 Å². The molecule has 1 atom stereocenters. The van der Waals surface area contributed by atoms with Crippen molar-refractivity contribution in [1.82, 2.24) is 14.9 Å². The second-order valence-corrected chi connectivity index (χ2v) is 7.00. The minimum absolute atomic E-state index is 0.0959. The number of hydrogen-bond acceptors (Lipinski definition) is 5. The number of hydrogen-bond donors (Lipinski definition) is 1. The molecule has 1 heterocycles. The smallest absolute Gasteiger partial charge is 0.258 e. The molecule has 154 valence electrons. The fourth-order valence-corrected chi connectivity index (χ4v) is 3.44. The second-order valence-electron chi connectivity index (χ2n) is 7.00. The molecule has 0 saturated heterocycles. The van der Waals surface area contributed by atoms with E-state index in [4.69, 9.17) is 5.26 Å². The topological polar surface area (TPSA) is 93.1 Å². The summed E-state index contributed by atoms with van der Waals surface area (Å²) in [6.07, 6.45) is 0.249. The quantitative estimate of drug-likeness (QED) is 0.624. The fraction of sp³-hybridized carbons (Fsp3) is 0.304. The van der Waals surface area contributed by atoms with E-state index >= 15 is 0 Å². The first kappa shape index (κ1) is 21.2. The van der Waals surface area contributed by atoms with Crippen LogP contribution in [0.25, 0.3) is 10.9 Å². The Morgan fingerprint density at radius 2 is 1.87 bits per heavy atom. The maximum absolute atomic E-state index is 13.3. The van der Waals surface area contributed by atoms with Crippen LogP contribution < -0.4 is 10.5 Å². The predicted molar refractivity (Wildman–Crippen MR) is 117 cm³/mol. The highest BCUT2D eigenvalue weighted by atomic mass is 16.2. The van der Waals surface area contributed by atoms with E-state index in [1.165, 1.54) is 0 Å². The van der Waals surface area contributed by atoms with Crippen LogP contribution in [0.1, 0.15) is 26.1 Å². The Balaban J connectivity index is 1.84. The molecule has 0 radical (unpaired) electrons. The number of aromatic amines is 1. The third-order valence-electron chi connectivity index (χ3n) is 5.11. The summed E-state index contributed by atoms with van der Waals surface area (Å²) in [6.45, 7) is 5.07. The number of amides is 1. The number of nitrogens with zero attached hydrogens (tertiary/aromatic N) is 4. The lowest BCUT2D eigenvalue weighted by molar-refractivity contribution is -0.123. The van der Waals surface area contributed by atoms with Crippen molar-refractivity contribution in [3.8, 4) is 6.07 Å². The Morgan fingerprint density at radius 1 is 1.17 bits per heavy atom. The van der Waals surface area contributed by atoms with Crippen molar-refractivity contribution < 1.29 is 4.79 Å². The molecule has 3 rings (SSSR count). The molecule has 1 aromatic heterocycles. The zero-order chi connectivity index (χ0) is 21.5. The molecule has 7 heteroatoms. The summed E-state index contributed by atoms with van der Waals surface area (Å²) in [5.41, 5.74) is 1.20. The van der Waals surface area contributed by atoms with Crippen molar-refractivity contribution in [3.05, 3.63) is 70.8 Å². The zero-order valence-electron chi connectivity index (χ0n) is 17.2. The van der Waals surface area contributed by atoms with Gasteiger partial charge in [-0.3, -0.25) is 14.5 Å². The lowest BCUT2D eigenvalue weighted by Crippen LogP contribution is -2.47. The monoisotopic (exact) mass is 403 g/mol. The molecular formula is C23H25N5O2. The number of carbonyl (C=O) groups is 1. The maximum atomic E-state index is 13.3. The number of rotatable bonds is 8. The summed E-state index contributed by atoms with van der Waals surface area (Å²) in [6, 6.07) is 18.2. The van der Waals surface area contributed by atoms with E-state index < -0.39 is 6.04 Å². The van der Waals surface area contributed by atoms with E-state index in [0.717, 1.165) is 5.69 Å². The number of aromatic nitrogens is 2. The number of likely N-dealkylation sites (N-methyl/N-ethyl adjacent to an activating group) is 1. The van der Waals surface area contributed by atoms with Gasteiger partial charge in [-0.25, -0.2) is 4.98 Å². The molecule has 1 N–H and O–H groups in total. The molecule has 0 bridgehead atoms. The van der Waals surface area contributed by atoms with Gasteiger partial charge in [-0.05, 0) is 37.7 Å². The number of carbonyl (C=O) groups excluding carboxylic acids is 1. The molecule has 0 spiro atoms. The third-order valence-corrected chi connectivity index (χ3v) is 5.11. The Labute approximate surface area is 175 Å². The lowest BCUT2D eigenvalue weighted by atomic mass is 10.2. The fourth-order valence-electron chi connectivity index (χ4n) is 3.44. The van der Waals surface area contributed by atoms with Crippen LogP contribution in [0.15, 0.2) is 59.4 Å². The van der Waals surface area contributed by atoms with Crippen molar-refractivity contribution in [2.75, 3.05) is 18.0 Å². The van der Waals surface area contributed by atoms with E-state index in [1.54, 1.807) is 23.1 Å². The van der Waals surface area contributed by atoms with Gasteiger partial charge >= 0.3 is 0 Å². The molecule has 0 fully saturated rings. The van der Waals surface area contributed by atoms with Gasteiger partial charge < -0.3 is 9.88 Å². The molecule has 0 aliphatic carbocycles. The lowest BCUT2D eigenvalue weighted by Gasteiger charge is -2.31. The summed E-state index contributed by atoms with van der Waals surface area (Å²) in [7, 11) is 0. The maximum Gasteiger partial charge on any atom is 0.258 e. The summed E-state index contributed by atoms with van der Waals surface area (Å²) >= 11 is 0. The van der Waals surface area contributed by atoms with Crippen LogP contribution in [-0.4, -0.2) is 39.9 Å². The van der Waals surface area contributed by atoms with Gasteiger partial charge in [0.1, 0.15) is 5.82 Å². The average Bonchev–Trinajstić information content (AvgIpc) is 2.78. The molecule has 0 aliphatic heterocycles. The van der Waals surface area contributed by atoms with Crippen molar-refractivity contribution >= 4 is 22.5 Å². The number of nitrogens with one attached hydrogen (secondary N) is 1. The minimum atomic E-state index is -0.453. The molecule has 2 aromatic carbocycles. The highest BCUT2D eigenvalue weighted by Gasteiger charge is 2.26. The normalized spacial score (nSPS) is 11.9. The first-order chi connectivity index (χ1) is 14.5. The molecule has 0 aliphatic rings. The van der Waals surface area contributed by atoms with Crippen LogP contribution in [0.4, 0.5) is 5.69 Å². The molecule has 30 heavy (non-hydrogen) atoms. The largest absolute Gasteiger partial charge is 0.310 e.